The number of benzene rings is 2. The minimum atomic E-state index is -1.70. The molecule has 3 aromatic rings. The summed E-state index contributed by atoms with van der Waals surface area (Å²) >= 11 is 0. The molecule has 2 unspecified atom stereocenters. The van der Waals surface area contributed by atoms with Gasteiger partial charge in [0.15, 0.2) is 5.54 Å². The first-order valence-corrected chi connectivity index (χ1v) is 12.9. The number of nitrogens with two attached hydrogens (primary N) is 1. The highest BCUT2D eigenvalue weighted by Gasteiger charge is 2.50. The van der Waals surface area contributed by atoms with Gasteiger partial charge in [-0.3, -0.25) is 4.79 Å². The van der Waals surface area contributed by atoms with Gasteiger partial charge in [-0.05, 0) is 62.1 Å². The zero-order valence-corrected chi connectivity index (χ0v) is 22.6. The number of nitrogens with zero attached hydrogens (tertiary/aromatic N) is 5. The third-order valence-corrected chi connectivity index (χ3v) is 7.28. The monoisotopic (exact) mass is 531 g/mol. The Bertz CT molecular complexity index is 1440. The molecule has 11 heteroatoms. The lowest BCUT2D eigenvalue weighted by Crippen LogP contribution is -2.61. The van der Waals surface area contributed by atoms with Crippen molar-refractivity contribution in [2.45, 2.75) is 38.3 Å². The number of likely N-dealkylation sites (tertiary alicyclic amines) is 1. The van der Waals surface area contributed by atoms with E-state index in [-0.39, 0.29) is 12.5 Å². The van der Waals surface area contributed by atoms with Gasteiger partial charge in [0.1, 0.15) is 5.82 Å². The SMILES string of the molecule is CCOC(=O)N(C(=O)NC)C(C)(C(=O)N1CCCC1)c1ccc2c(c1)nc(C(N)c1ccc(C#N)cc1)n2C. The predicted molar refractivity (Wildman–Crippen MR) is 144 cm³/mol. The third kappa shape index (κ3) is 4.91. The van der Waals surface area contributed by atoms with E-state index in [0.29, 0.717) is 35.6 Å². The second-order valence-corrected chi connectivity index (χ2v) is 9.60. The smallest absolute Gasteiger partial charge is 0.419 e. The first kappa shape index (κ1) is 27.6. The van der Waals surface area contributed by atoms with Crippen molar-refractivity contribution in [3.8, 4) is 6.07 Å². The summed E-state index contributed by atoms with van der Waals surface area (Å²) in [6.07, 6.45) is 0.769. The Balaban J connectivity index is 1.84. The van der Waals surface area contributed by atoms with Crippen molar-refractivity contribution in [2.24, 2.45) is 12.8 Å². The number of imidazole rings is 1. The number of imide groups is 1. The summed E-state index contributed by atoms with van der Waals surface area (Å²) in [5.41, 5.74) is 7.91. The Morgan fingerprint density at radius 2 is 1.87 bits per heavy atom. The molecule has 0 saturated carbocycles. The highest BCUT2D eigenvalue weighted by Crippen LogP contribution is 2.35. The summed E-state index contributed by atoms with van der Waals surface area (Å²) in [5, 5.41) is 11.6. The van der Waals surface area contributed by atoms with Crippen LogP contribution in [-0.4, -0.2) is 64.1 Å². The van der Waals surface area contributed by atoms with E-state index in [1.807, 2.05) is 11.6 Å². The highest BCUT2D eigenvalue weighted by molar-refractivity contribution is 6.00. The molecule has 4 rings (SSSR count). The number of nitriles is 1. The van der Waals surface area contributed by atoms with E-state index in [1.54, 1.807) is 61.2 Å². The number of fused-ring (bicyclic) bond motifs is 1. The fraction of sp³-hybridized carbons (Fsp3) is 0.393. The van der Waals surface area contributed by atoms with Gasteiger partial charge in [0, 0.05) is 27.2 Å². The molecule has 0 aliphatic carbocycles. The number of carbonyl (C=O) groups excluding carboxylic acids is 3. The highest BCUT2D eigenvalue weighted by atomic mass is 16.6. The molecule has 39 heavy (non-hydrogen) atoms. The van der Waals surface area contributed by atoms with Crippen LogP contribution in [0.1, 0.15) is 55.2 Å². The number of urea groups is 1. The van der Waals surface area contributed by atoms with Crippen molar-refractivity contribution < 1.29 is 19.1 Å². The van der Waals surface area contributed by atoms with Crippen molar-refractivity contribution in [3.63, 3.8) is 0 Å². The largest absolute Gasteiger partial charge is 0.449 e. The molecule has 0 radical (unpaired) electrons. The van der Waals surface area contributed by atoms with Crippen LogP contribution >= 0.6 is 0 Å². The number of hydrogen-bond donors (Lipinski definition) is 2. The maximum atomic E-state index is 14.0. The summed E-state index contributed by atoms with van der Waals surface area (Å²) in [4.78, 5) is 47.5. The van der Waals surface area contributed by atoms with E-state index < -0.39 is 23.7 Å². The lowest BCUT2D eigenvalue weighted by atomic mass is 9.88. The number of aryl methyl sites for hydroxylation is 1. The van der Waals surface area contributed by atoms with Crippen molar-refractivity contribution in [3.05, 3.63) is 65.0 Å². The summed E-state index contributed by atoms with van der Waals surface area (Å²) in [6.45, 7) is 4.31. The van der Waals surface area contributed by atoms with Gasteiger partial charge >= 0.3 is 12.1 Å². The lowest BCUT2D eigenvalue weighted by Gasteiger charge is -2.40. The van der Waals surface area contributed by atoms with Gasteiger partial charge in [0.25, 0.3) is 5.91 Å². The molecule has 1 fully saturated rings. The van der Waals surface area contributed by atoms with Gasteiger partial charge in [-0.15, -0.1) is 0 Å². The molecule has 4 amide bonds. The van der Waals surface area contributed by atoms with Gasteiger partial charge in [-0.2, -0.15) is 5.26 Å². The van der Waals surface area contributed by atoms with E-state index in [9.17, 15) is 14.4 Å². The Labute approximate surface area is 227 Å². The molecule has 0 spiro atoms. The average Bonchev–Trinajstić information content (AvgIpc) is 3.60. The van der Waals surface area contributed by atoms with Gasteiger partial charge in [-0.25, -0.2) is 19.5 Å². The average molecular weight is 532 g/mol. The number of carbonyl (C=O) groups is 3. The van der Waals surface area contributed by atoms with Gasteiger partial charge in [-0.1, -0.05) is 18.2 Å². The lowest BCUT2D eigenvalue weighted by molar-refractivity contribution is -0.140. The van der Waals surface area contributed by atoms with Crippen LogP contribution in [0.4, 0.5) is 9.59 Å². The molecule has 3 N–H and O–H groups in total. The normalized spacial score (nSPS) is 15.3. The minimum Gasteiger partial charge on any atom is -0.449 e. The van der Waals surface area contributed by atoms with Gasteiger partial charge in [0.05, 0.1) is 35.3 Å². The molecule has 0 bridgehead atoms. The Morgan fingerprint density at radius 3 is 2.46 bits per heavy atom. The molecule has 11 nitrogen and oxygen atoms in total. The maximum Gasteiger partial charge on any atom is 0.419 e. The zero-order valence-electron chi connectivity index (χ0n) is 22.6. The molecule has 1 aliphatic heterocycles. The number of amides is 4. The van der Waals surface area contributed by atoms with Gasteiger partial charge in [0.2, 0.25) is 0 Å². The predicted octanol–water partition coefficient (Wildman–Crippen LogP) is 3.13. The van der Waals surface area contributed by atoms with E-state index in [4.69, 9.17) is 20.7 Å². The Morgan fingerprint density at radius 1 is 1.21 bits per heavy atom. The van der Waals surface area contributed by atoms with Crippen LogP contribution in [0.25, 0.3) is 11.0 Å². The van der Waals surface area contributed by atoms with Crippen LogP contribution in [0, 0.1) is 11.3 Å². The van der Waals surface area contributed by atoms with Crippen LogP contribution in [0.3, 0.4) is 0 Å². The van der Waals surface area contributed by atoms with Crippen molar-refractivity contribution in [2.75, 3.05) is 26.7 Å². The van der Waals surface area contributed by atoms with Crippen LogP contribution < -0.4 is 11.1 Å². The number of rotatable bonds is 6. The summed E-state index contributed by atoms with van der Waals surface area (Å²) in [7, 11) is 3.24. The van der Waals surface area contributed by atoms with Gasteiger partial charge < -0.3 is 25.3 Å². The molecule has 1 aromatic heterocycles. The number of aromatic nitrogens is 2. The Kier molecular flexibility index (Phi) is 7.88. The number of ether oxygens (including phenoxy) is 1. The number of hydrogen-bond acceptors (Lipinski definition) is 7. The van der Waals surface area contributed by atoms with E-state index in [2.05, 4.69) is 11.4 Å². The molecule has 204 valence electrons. The van der Waals surface area contributed by atoms with Crippen LogP contribution in [0.2, 0.25) is 0 Å². The summed E-state index contributed by atoms with van der Waals surface area (Å²) in [6, 6.07) is 13.0. The Hall–Kier alpha value is -4.43. The van der Waals surface area contributed by atoms with E-state index in [1.165, 1.54) is 7.05 Å². The fourth-order valence-electron chi connectivity index (χ4n) is 5.06. The number of nitrogens with one attached hydrogen (secondary N) is 1. The topological polar surface area (TPSA) is 147 Å². The first-order valence-electron chi connectivity index (χ1n) is 12.9. The molecule has 2 aromatic carbocycles. The van der Waals surface area contributed by atoms with Crippen molar-refractivity contribution in [1.29, 1.82) is 5.26 Å². The van der Waals surface area contributed by atoms with E-state index in [0.717, 1.165) is 28.8 Å². The first-order chi connectivity index (χ1) is 18.7. The zero-order chi connectivity index (χ0) is 28.3. The quantitative estimate of drug-likeness (QED) is 0.497. The molecule has 2 atom stereocenters. The second-order valence-electron chi connectivity index (χ2n) is 9.60. The maximum absolute atomic E-state index is 14.0. The molecule has 2 heterocycles. The molecular weight excluding hydrogens is 498 g/mol. The second kappa shape index (κ2) is 11.1. The standard InChI is InChI=1S/C28H33N7O4/c1-5-39-27(38)35(26(37)31-3)28(2,25(36)34-14-6-7-15-34)20-12-13-22-21(16-20)32-24(33(22)4)23(30)19-10-8-18(17-29)9-11-19/h8-13,16,23H,5-7,14-15,30H2,1-4H3,(H,31,37). The third-order valence-electron chi connectivity index (χ3n) is 7.28. The van der Waals surface area contributed by atoms with Crippen molar-refractivity contribution >= 4 is 29.1 Å². The van der Waals surface area contributed by atoms with Crippen molar-refractivity contribution in [1.82, 2.24) is 24.7 Å². The van der Waals surface area contributed by atoms with Crippen LogP contribution in [0.15, 0.2) is 42.5 Å². The fourth-order valence-corrected chi connectivity index (χ4v) is 5.06. The van der Waals surface area contributed by atoms with Crippen LogP contribution in [0.5, 0.6) is 0 Å². The molecular formula is C28H33N7O4. The summed E-state index contributed by atoms with van der Waals surface area (Å²) < 4.78 is 7.08. The van der Waals surface area contributed by atoms with E-state index >= 15 is 0 Å². The molecule has 1 aliphatic rings. The minimum absolute atomic E-state index is 0.0379. The summed E-state index contributed by atoms with van der Waals surface area (Å²) in [5.74, 6) is 0.203. The van der Waals surface area contributed by atoms with Crippen LogP contribution in [-0.2, 0) is 22.1 Å². The molecule has 1 saturated heterocycles.